The minimum absolute atomic E-state index is 0.138. The van der Waals surface area contributed by atoms with Gasteiger partial charge in [0.2, 0.25) is 0 Å². The molecule has 0 aliphatic rings. The summed E-state index contributed by atoms with van der Waals surface area (Å²) in [6.07, 6.45) is 0. The quantitative estimate of drug-likeness (QED) is 0.864. The third kappa shape index (κ3) is 3.66. The smallest absolute Gasteiger partial charge is 0.133 e. The van der Waals surface area contributed by atoms with E-state index in [9.17, 15) is 0 Å². The van der Waals surface area contributed by atoms with Crippen LogP contribution in [0.3, 0.4) is 0 Å². The van der Waals surface area contributed by atoms with E-state index in [1.54, 1.807) is 7.11 Å². The molecule has 3 heteroatoms. The molecule has 0 spiro atoms. The topological polar surface area (TPSA) is 35.2 Å². The van der Waals surface area contributed by atoms with Gasteiger partial charge >= 0.3 is 0 Å². The SMILES string of the molecule is COc1ccc(C(N)c2ccc(C(C)(C)C)cc2)cc1Br. The third-order valence-corrected chi connectivity index (χ3v) is 4.29. The average molecular weight is 348 g/mol. The minimum atomic E-state index is -0.138. The molecule has 1 atom stereocenters. The Morgan fingerprint density at radius 1 is 1.00 bits per heavy atom. The summed E-state index contributed by atoms with van der Waals surface area (Å²) >= 11 is 3.51. The Hall–Kier alpha value is -1.32. The van der Waals surface area contributed by atoms with Gasteiger partial charge in [0, 0.05) is 0 Å². The second-order valence-electron chi connectivity index (χ2n) is 6.24. The van der Waals surface area contributed by atoms with E-state index in [0.717, 1.165) is 21.3 Å². The second-order valence-corrected chi connectivity index (χ2v) is 7.10. The molecule has 1 unspecified atom stereocenters. The van der Waals surface area contributed by atoms with E-state index in [4.69, 9.17) is 10.5 Å². The summed E-state index contributed by atoms with van der Waals surface area (Å²) in [6, 6.07) is 14.4. The van der Waals surface area contributed by atoms with Crippen molar-refractivity contribution in [2.75, 3.05) is 7.11 Å². The lowest BCUT2D eigenvalue weighted by atomic mass is 9.86. The lowest BCUT2D eigenvalue weighted by molar-refractivity contribution is 0.412. The maximum Gasteiger partial charge on any atom is 0.133 e. The van der Waals surface area contributed by atoms with Gasteiger partial charge in [0.15, 0.2) is 0 Å². The molecule has 0 aromatic heterocycles. The molecule has 0 bridgehead atoms. The normalized spacial score (nSPS) is 13.0. The van der Waals surface area contributed by atoms with E-state index >= 15 is 0 Å². The Morgan fingerprint density at radius 3 is 2.05 bits per heavy atom. The van der Waals surface area contributed by atoms with Crippen molar-refractivity contribution in [3.63, 3.8) is 0 Å². The number of benzene rings is 2. The van der Waals surface area contributed by atoms with Crippen LogP contribution in [-0.4, -0.2) is 7.11 Å². The fourth-order valence-electron chi connectivity index (χ4n) is 2.26. The highest BCUT2D eigenvalue weighted by molar-refractivity contribution is 9.10. The van der Waals surface area contributed by atoms with Crippen molar-refractivity contribution in [3.8, 4) is 5.75 Å². The van der Waals surface area contributed by atoms with Crippen LogP contribution in [0, 0.1) is 0 Å². The van der Waals surface area contributed by atoms with Crippen molar-refractivity contribution in [1.29, 1.82) is 0 Å². The van der Waals surface area contributed by atoms with Crippen molar-refractivity contribution < 1.29 is 4.74 Å². The Bertz CT molecular complexity index is 614. The fraction of sp³-hybridized carbons (Fsp3) is 0.333. The van der Waals surface area contributed by atoms with Gasteiger partial charge in [-0.15, -0.1) is 0 Å². The first-order chi connectivity index (χ1) is 9.82. The Kier molecular flexibility index (Phi) is 4.74. The molecule has 0 amide bonds. The molecule has 0 heterocycles. The molecule has 2 rings (SSSR count). The van der Waals surface area contributed by atoms with E-state index < -0.39 is 0 Å². The number of hydrogen-bond donors (Lipinski definition) is 1. The Balaban J connectivity index is 2.27. The van der Waals surface area contributed by atoms with Crippen molar-refractivity contribution >= 4 is 15.9 Å². The van der Waals surface area contributed by atoms with Gasteiger partial charge in [0.05, 0.1) is 17.6 Å². The van der Waals surface area contributed by atoms with Crippen LogP contribution < -0.4 is 10.5 Å². The highest BCUT2D eigenvalue weighted by Gasteiger charge is 2.15. The molecule has 0 radical (unpaired) electrons. The fourth-order valence-corrected chi connectivity index (χ4v) is 2.82. The van der Waals surface area contributed by atoms with E-state index in [2.05, 4.69) is 61.0 Å². The molecule has 2 N–H and O–H groups in total. The van der Waals surface area contributed by atoms with Crippen molar-refractivity contribution in [2.24, 2.45) is 5.73 Å². The predicted octanol–water partition coefficient (Wildman–Crippen LogP) is 4.80. The van der Waals surface area contributed by atoms with Gasteiger partial charge in [-0.3, -0.25) is 0 Å². The first-order valence-electron chi connectivity index (χ1n) is 7.02. The van der Waals surface area contributed by atoms with Crippen LogP contribution in [0.25, 0.3) is 0 Å². The Labute approximate surface area is 135 Å². The number of nitrogens with two attached hydrogens (primary N) is 1. The largest absolute Gasteiger partial charge is 0.496 e. The first-order valence-corrected chi connectivity index (χ1v) is 7.81. The summed E-state index contributed by atoms with van der Waals surface area (Å²) in [4.78, 5) is 0. The summed E-state index contributed by atoms with van der Waals surface area (Å²) < 4.78 is 6.17. The summed E-state index contributed by atoms with van der Waals surface area (Å²) in [5.74, 6) is 0.814. The molecule has 0 saturated carbocycles. The molecule has 0 saturated heterocycles. The molecule has 21 heavy (non-hydrogen) atoms. The summed E-state index contributed by atoms with van der Waals surface area (Å²) in [5.41, 5.74) is 10.0. The molecule has 2 nitrogen and oxygen atoms in total. The summed E-state index contributed by atoms with van der Waals surface area (Å²) in [5, 5.41) is 0. The molecule has 0 fully saturated rings. The third-order valence-electron chi connectivity index (χ3n) is 3.67. The highest BCUT2D eigenvalue weighted by Crippen LogP contribution is 2.30. The zero-order chi connectivity index (χ0) is 15.6. The highest BCUT2D eigenvalue weighted by atomic mass is 79.9. The number of methoxy groups -OCH3 is 1. The van der Waals surface area contributed by atoms with Crippen LogP contribution in [0.5, 0.6) is 5.75 Å². The molecule has 2 aromatic rings. The van der Waals surface area contributed by atoms with Crippen LogP contribution in [0.1, 0.15) is 43.5 Å². The van der Waals surface area contributed by atoms with Crippen LogP contribution in [0.4, 0.5) is 0 Å². The van der Waals surface area contributed by atoms with Gasteiger partial charge in [-0.2, -0.15) is 0 Å². The van der Waals surface area contributed by atoms with Gasteiger partial charge in [0.25, 0.3) is 0 Å². The maximum absolute atomic E-state index is 6.37. The van der Waals surface area contributed by atoms with Gasteiger partial charge in [-0.25, -0.2) is 0 Å². The number of ether oxygens (including phenoxy) is 1. The van der Waals surface area contributed by atoms with Crippen LogP contribution >= 0.6 is 15.9 Å². The van der Waals surface area contributed by atoms with Crippen LogP contribution in [0.2, 0.25) is 0 Å². The van der Waals surface area contributed by atoms with Crippen LogP contribution in [0.15, 0.2) is 46.9 Å². The maximum atomic E-state index is 6.37. The van der Waals surface area contributed by atoms with Crippen LogP contribution in [-0.2, 0) is 5.41 Å². The lowest BCUT2D eigenvalue weighted by Crippen LogP contribution is -2.14. The van der Waals surface area contributed by atoms with Gasteiger partial charge in [0.1, 0.15) is 5.75 Å². The average Bonchev–Trinajstić information content (AvgIpc) is 2.45. The van der Waals surface area contributed by atoms with Gasteiger partial charge in [-0.05, 0) is 50.2 Å². The summed E-state index contributed by atoms with van der Waals surface area (Å²) in [7, 11) is 1.66. The number of halogens is 1. The Morgan fingerprint density at radius 2 is 1.57 bits per heavy atom. The van der Waals surface area contributed by atoms with Gasteiger partial charge in [-0.1, -0.05) is 51.1 Å². The molecule has 0 aliphatic carbocycles. The van der Waals surface area contributed by atoms with E-state index in [1.165, 1.54) is 5.56 Å². The zero-order valence-corrected chi connectivity index (χ0v) is 14.6. The number of rotatable bonds is 3. The van der Waals surface area contributed by atoms with Crippen molar-refractivity contribution in [3.05, 3.63) is 63.6 Å². The van der Waals surface area contributed by atoms with Crippen molar-refractivity contribution in [1.82, 2.24) is 0 Å². The summed E-state index contributed by atoms with van der Waals surface area (Å²) in [6.45, 7) is 6.63. The van der Waals surface area contributed by atoms with Crippen molar-refractivity contribution in [2.45, 2.75) is 32.2 Å². The molecular weight excluding hydrogens is 326 g/mol. The predicted molar refractivity (Wildman–Crippen MR) is 91.9 cm³/mol. The molecule has 2 aromatic carbocycles. The van der Waals surface area contributed by atoms with E-state index in [0.29, 0.717) is 0 Å². The molecule has 0 aliphatic heterocycles. The minimum Gasteiger partial charge on any atom is -0.496 e. The first kappa shape index (κ1) is 16.1. The number of hydrogen-bond acceptors (Lipinski definition) is 2. The zero-order valence-electron chi connectivity index (χ0n) is 13.0. The molecule has 112 valence electrons. The monoisotopic (exact) mass is 347 g/mol. The second kappa shape index (κ2) is 6.20. The lowest BCUT2D eigenvalue weighted by Gasteiger charge is -2.20. The van der Waals surface area contributed by atoms with E-state index in [1.807, 2.05) is 18.2 Å². The van der Waals surface area contributed by atoms with E-state index in [-0.39, 0.29) is 11.5 Å². The van der Waals surface area contributed by atoms with Gasteiger partial charge < -0.3 is 10.5 Å². The standard InChI is InChI=1S/C18H22BrNO/c1-18(2,3)14-8-5-12(6-9-14)17(20)13-7-10-16(21-4)15(19)11-13/h5-11,17H,20H2,1-4H3. The molecular formula is C18H22BrNO.